The molecule has 0 spiro atoms. The molecule has 0 bridgehead atoms. The third-order valence-electron chi connectivity index (χ3n) is 8.33. The molecule has 0 atom stereocenters. The number of para-hydroxylation sites is 4. The Bertz CT molecular complexity index is 2320. The average molecular weight is 564 g/mol. The van der Waals surface area contributed by atoms with Crippen molar-refractivity contribution in [2.24, 2.45) is 0 Å². The molecule has 2 aromatic heterocycles. The summed E-state index contributed by atoms with van der Waals surface area (Å²) in [5, 5.41) is 1.06. The zero-order valence-corrected chi connectivity index (χ0v) is 23.7. The summed E-state index contributed by atoms with van der Waals surface area (Å²) in [5.74, 6) is 1.65. The summed E-state index contributed by atoms with van der Waals surface area (Å²) in [5.41, 5.74) is 11.4. The van der Waals surface area contributed by atoms with Gasteiger partial charge in [0.15, 0.2) is 5.82 Å². The first-order valence-corrected chi connectivity index (χ1v) is 14.7. The lowest BCUT2D eigenvalue weighted by atomic mass is 9.96. The van der Waals surface area contributed by atoms with E-state index in [9.17, 15) is 0 Å². The van der Waals surface area contributed by atoms with Gasteiger partial charge >= 0.3 is 0 Å². The minimum absolute atomic E-state index is 0.735. The van der Waals surface area contributed by atoms with E-state index in [0.29, 0.717) is 0 Å². The predicted octanol–water partition coefficient (Wildman–Crippen LogP) is 9.75. The van der Waals surface area contributed by atoms with Crippen LogP contribution in [0.1, 0.15) is 0 Å². The van der Waals surface area contributed by atoms with Gasteiger partial charge in [-0.05, 0) is 66.7 Å². The number of aromatic nitrogens is 4. The average Bonchev–Trinajstić information content (AvgIpc) is 3.49. The molecule has 0 unspecified atom stereocenters. The van der Waals surface area contributed by atoms with Gasteiger partial charge in [-0.15, -0.1) is 0 Å². The van der Waals surface area contributed by atoms with E-state index in [2.05, 4.69) is 131 Å². The van der Waals surface area contributed by atoms with Crippen LogP contribution in [0, 0.1) is 0 Å². The highest BCUT2D eigenvalue weighted by Gasteiger charge is 2.28. The lowest BCUT2D eigenvalue weighted by Gasteiger charge is -2.33. The lowest BCUT2D eigenvalue weighted by Crippen LogP contribution is -2.16. The lowest BCUT2D eigenvalue weighted by molar-refractivity contribution is 1.10. The van der Waals surface area contributed by atoms with Crippen molar-refractivity contribution in [1.29, 1.82) is 0 Å². The van der Waals surface area contributed by atoms with E-state index in [1.54, 1.807) is 0 Å². The van der Waals surface area contributed by atoms with Gasteiger partial charge in [-0.1, -0.05) is 84.9 Å². The van der Waals surface area contributed by atoms with Crippen molar-refractivity contribution in [1.82, 2.24) is 19.5 Å². The van der Waals surface area contributed by atoms with Crippen LogP contribution in [0.25, 0.3) is 61.7 Å². The third kappa shape index (κ3) is 3.76. The zero-order chi connectivity index (χ0) is 29.0. The van der Waals surface area contributed by atoms with Crippen LogP contribution in [0.2, 0.25) is 0 Å². The monoisotopic (exact) mass is 563 g/mol. The molecule has 6 aromatic carbocycles. The first kappa shape index (κ1) is 24.5. The molecule has 0 radical (unpaired) electrons. The van der Waals surface area contributed by atoms with Gasteiger partial charge in [0.1, 0.15) is 5.82 Å². The van der Waals surface area contributed by atoms with E-state index in [-0.39, 0.29) is 0 Å². The third-order valence-corrected chi connectivity index (χ3v) is 8.33. The molecule has 1 aliphatic heterocycles. The fourth-order valence-corrected chi connectivity index (χ4v) is 6.36. The topological polar surface area (TPSA) is 46.8 Å². The number of benzene rings is 6. The van der Waals surface area contributed by atoms with Crippen LogP contribution in [0.5, 0.6) is 0 Å². The summed E-state index contributed by atoms with van der Waals surface area (Å²) < 4.78 is 2.24. The maximum absolute atomic E-state index is 5.14. The zero-order valence-electron chi connectivity index (χ0n) is 23.7. The molecule has 0 fully saturated rings. The van der Waals surface area contributed by atoms with E-state index >= 15 is 0 Å². The molecule has 5 heteroatoms. The van der Waals surface area contributed by atoms with Gasteiger partial charge in [0, 0.05) is 28.1 Å². The van der Waals surface area contributed by atoms with E-state index in [4.69, 9.17) is 15.0 Å². The first-order valence-electron chi connectivity index (χ1n) is 14.7. The van der Waals surface area contributed by atoms with Crippen molar-refractivity contribution in [3.63, 3.8) is 0 Å². The molecular formula is C39H25N5. The van der Waals surface area contributed by atoms with Crippen molar-refractivity contribution in [3.8, 4) is 39.7 Å². The van der Waals surface area contributed by atoms with E-state index in [1.807, 2.05) is 30.3 Å². The van der Waals surface area contributed by atoms with E-state index in [0.717, 1.165) is 78.7 Å². The van der Waals surface area contributed by atoms with Crippen molar-refractivity contribution in [2.45, 2.75) is 0 Å². The molecule has 0 saturated heterocycles. The largest absolute Gasteiger partial charge is 0.309 e. The number of hydrogen-bond acceptors (Lipinski definition) is 4. The van der Waals surface area contributed by atoms with Crippen LogP contribution >= 0.6 is 0 Å². The molecule has 5 nitrogen and oxygen atoms in total. The molecule has 0 N–H and O–H groups in total. The van der Waals surface area contributed by atoms with Crippen molar-refractivity contribution in [3.05, 3.63) is 152 Å². The normalized spacial score (nSPS) is 12.0. The molecule has 9 rings (SSSR count). The Hall–Kier alpha value is -6.07. The Labute approximate surface area is 254 Å². The Kier molecular flexibility index (Phi) is 5.43. The van der Waals surface area contributed by atoms with Crippen LogP contribution in [-0.4, -0.2) is 19.5 Å². The van der Waals surface area contributed by atoms with Gasteiger partial charge in [-0.3, -0.25) is 4.57 Å². The Balaban J connectivity index is 1.20. The van der Waals surface area contributed by atoms with Gasteiger partial charge < -0.3 is 4.90 Å². The quantitative estimate of drug-likeness (QED) is 0.214. The van der Waals surface area contributed by atoms with Gasteiger partial charge in [-0.25, -0.2) is 15.0 Å². The van der Waals surface area contributed by atoms with Crippen LogP contribution < -0.4 is 4.90 Å². The van der Waals surface area contributed by atoms with Crippen molar-refractivity contribution >= 4 is 39.0 Å². The minimum atomic E-state index is 0.735. The Morgan fingerprint density at radius 3 is 1.95 bits per heavy atom. The summed E-state index contributed by atoms with van der Waals surface area (Å²) in [4.78, 5) is 17.5. The molecule has 1 aliphatic rings. The van der Waals surface area contributed by atoms with Gasteiger partial charge in [0.25, 0.3) is 0 Å². The summed E-state index contributed by atoms with van der Waals surface area (Å²) in [6.45, 7) is 0. The fraction of sp³-hybridized carbons (Fsp3) is 0. The summed E-state index contributed by atoms with van der Waals surface area (Å²) in [6.07, 6.45) is 0. The molecule has 0 aliphatic carbocycles. The van der Waals surface area contributed by atoms with E-state index < -0.39 is 0 Å². The second-order valence-electron chi connectivity index (χ2n) is 10.9. The molecule has 8 aromatic rings. The molecule has 0 saturated carbocycles. The molecule has 206 valence electrons. The van der Waals surface area contributed by atoms with Crippen LogP contribution in [0.15, 0.2) is 152 Å². The smallest absolute Gasteiger partial charge is 0.160 e. The first-order chi connectivity index (χ1) is 21.8. The minimum Gasteiger partial charge on any atom is -0.309 e. The highest BCUT2D eigenvalue weighted by molar-refractivity contribution is 6.11. The number of anilines is 3. The van der Waals surface area contributed by atoms with Crippen molar-refractivity contribution < 1.29 is 0 Å². The fourth-order valence-electron chi connectivity index (χ4n) is 6.36. The number of hydrogen-bond donors (Lipinski definition) is 0. The predicted molar refractivity (Wildman–Crippen MR) is 179 cm³/mol. The van der Waals surface area contributed by atoms with Crippen molar-refractivity contribution in [2.75, 3.05) is 4.90 Å². The maximum atomic E-state index is 5.14. The molecule has 44 heavy (non-hydrogen) atoms. The number of nitrogens with zero attached hydrogens (tertiary/aromatic N) is 5. The number of imidazole rings is 1. The number of fused-ring (bicyclic) bond motifs is 3. The molecular weight excluding hydrogens is 538 g/mol. The second kappa shape index (κ2) is 9.75. The highest BCUT2D eigenvalue weighted by atomic mass is 15.2. The second-order valence-corrected chi connectivity index (χ2v) is 10.9. The van der Waals surface area contributed by atoms with Crippen LogP contribution in [0.3, 0.4) is 0 Å². The maximum Gasteiger partial charge on any atom is 0.160 e. The van der Waals surface area contributed by atoms with Crippen LogP contribution in [-0.2, 0) is 0 Å². The molecule has 3 heterocycles. The SMILES string of the molecule is c1ccc(-c2nc3c4c(cccc4n2)N(c2ccc(-c4nc5ccccc5n4-c4ccccc4)cc2)c2ccccc2-3)cc1. The molecule has 0 amide bonds. The standard InChI is InChI=1S/C39H25N5/c1-3-12-26(13-4-1)38-40-32-18-11-21-35-36(32)37(42-38)30-16-7-9-19-33(30)43(35)29-24-22-27(23-25-29)39-41-31-17-8-10-20-34(31)44(39)28-14-5-2-6-15-28/h1-25H. The Morgan fingerprint density at radius 2 is 1.11 bits per heavy atom. The summed E-state index contributed by atoms with van der Waals surface area (Å²) in [7, 11) is 0. The van der Waals surface area contributed by atoms with Gasteiger partial charge in [0.05, 0.1) is 39.0 Å². The summed E-state index contributed by atoms with van der Waals surface area (Å²) >= 11 is 0. The van der Waals surface area contributed by atoms with Crippen LogP contribution in [0.4, 0.5) is 17.1 Å². The summed E-state index contributed by atoms with van der Waals surface area (Å²) in [6, 6.07) is 52.5. The van der Waals surface area contributed by atoms with E-state index in [1.165, 1.54) is 0 Å². The van der Waals surface area contributed by atoms with Gasteiger partial charge in [-0.2, -0.15) is 0 Å². The Morgan fingerprint density at radius 1 is 0.432 bits per heavy atom. The number of rotatable bonds is 4. The van der Waals surface area contributed by atoms with Gasteiger partial charge in [0.2, 0.25) is 0 Å². The highest BCUT2D eigenvalue weighted by Crippen LogP contribution is 2.50.